The average molecular weight is 212 g/mol. The Kier molecular flexibility index (Phi) is 5.42. The topological polar surface area (TPSA) is 81.1 Å². The van der Waals surface area contributed by atoms with Crippen LogP contribution in [0.2, 0.25) is 0 Å². The molecule has 0 saturated carbocycles. The van der Waals surface area contributed by atoms with Crippen LogP contribution in [0.25, 0.3) is 0 Å². The summed E-state index contributed by atoms with van der Waals surface area (Å²) in [6, 6.07) is 0. The number of hydrazine groups is 1. The maximum Gasteiger partial charge on any atom is 0.266 e. The lowest BCUT2D eigenvalue weighted by Gasteiger charge is -2.26. The van der Waals surface area contributed by atoms with Crippen molar-refractivity contribution in [3.8, 4) is 0 Å². The molecule has 0 aromatic heterocycles. The van der Waals surface area contributed by atoms with Gasteiger partial charge in [-0.1, -0.05) is 0 Å². The highest BCUT2D eigenvalue weighted by atomic mass is 32.2. The smallest absolute Gasteiger partial charge is 0.266 e. The van der Waals surface area contributed by atoms with Crippen LogP contribution in [-0.2, 0) is 10.1 Å². The standard InChI is InChI=1S/C6H16N2O4S/c1-7(3-5-9)8(2)4-6-13(10,11)12/h9H,3-6H2,1-2H3,(H,10,11,12). The van der Waals surface area contributed by atoms with E-state index < -0.39 is 10.1 Å². The summed E-state index contributed by atoms with van der Waals surface area (Å²) >= 11 is 0. The molecule has 7 heteroatoms. The van der Waals surface area contributed by atoms with Crippen molar-refractivity contribution in [3.63, 3.8) is 0 Å². The predicted molar refractivity (Wildman–Crippen MR) is 48.8 cm³/mol. The average Bonchev–Trinajstić information content (AvgIpc) is 1.99. The molecule has 0 spiro atoms. The van der Waals surface area contributed by atoms with Gasteiger partial charge in [-0.3, -0.25) is 4.55 Å². The Hall–Kier alpha value is -0.210. The summed E-state index contributed by atoms with van der Waals surface area (Å²) in [7, 11) is -0.495. The van der Waals surface area contributed by atoms with E-state index in [1.165, 1.54) is 0 Å². The van der Waals surface area contributed by atoms with Crippen LogP contribution in [0.3, 0.4) is 0 Å². The van der Waals surface area contributed by atoms with Crippen LogP contribution in [0.5, 0.6) is 0 Å². The van der Waals surface area contributed by atoms with Gasteiger partial charge in [-0.25, -0.2) is 10.0 Å². The molecule has 0 radical (unpaired) electrons. The number of aliphatic hydroxyl groups excluding tert-OH is 1. The fraction of sp³-hybridized carbons (Fsp3) is 1.00. The third-order valence-corrected chi connectivity index (χ3v) is 2.38. The minimum Gasteiger partial charge on any atom is -0.395 e. The van der Waals surface area contributed by atoms with Crippen molar-refractivity contribution in [2.75, 3.05) is 39.5 Å². The maximum absolute atomic E-state index is 10.4. The van der Waals surface area contributed by atoms with Gasteiger partial charge in [-0.05, 0) is 0 Å². The molecule has 0 heterocycles. The lowest BCUT2D eigenvalue weighted by molar-refractivity contribution is 0.0185. The minimum absolute atomic E-state index is 0.00666. The molecule has 13 heavy (non-hydrogen) atoms. The predicted octanol–water partition coefficient (Wildman–Crippen LogP) is -1.35. The van der Waals surface area contributed by atoms with Crippen molar-refractivity contribution in [1.29, 1.82) is 0 Å². The molecule has 0 fully saturated rings. The fourth-order valence-corrected chi connectivity index (χ4v) is 1.23. The van der Waals surface area contributed by atoms with Crippen molar-refractivity contribution in [2.24, 2.45) is 0 Å². The van der Waals surface area contributed by atoms with Gasteiger partial charge in [0.15, 0.2) is 0 Å². The van der Waals surface area contributed by atoms with Crippen LogP contribution in [-0.4, -0.2) is 67.6 Å². The third kappa shape index (κ3) is 6.91. The lowest BCUT2D eigenvalue weighted by Crippen LogP contribution is -2.40. The Morgan fingerprint density at radius 2 is 1.62 bits per heavy atom. The Morgan fingerprint density at radius 1 is 1.15 bits per heavy atom. The zero-order valence-corrected chi connectivity index (χ0v) is 8.66. The van der Waals surface area contributed by atoms with Crippen molar-refractivity contribution < 1.29 is 18.1 Å². The molecule has 0 aliphatic carbocycles. The molecule has 0 aromatic rings. The highest BCUT2D eigenvalue weighted by molar-refractivity contribution is 7.85. The maximum atomic E-state index is 10.4. The zero-order chi connectivity index (χ0) is 10.5. The molecule has 0 unspecified atom stereocenters. The van der Waals surface area contributed by atoms with Crippen LogP contribution >= 0.6 is 0 Å². The Balaban J connectivity index is 3.80. The SMILES string of the molecule is CN(CCO)N(C)CCS(=O)(=O)O. The molecule has 0 aliphatic heterocycles. The van der Waals surface area contributed by atoms with Crippen molar-refractivity contribution in [3.05, 3.63) is 0 Å². The van der Waals surface area contributed by atoms with E-state index in [1.54, 1.807) is 24.1 Å². The van der Waals surface area contributed by atoms with E-state index in [0.717, 1.165) is 0 Å². The number of nitrogens with zero attached hydrogens (tertiary/aromatic N) is 2. The summed E-state index contributed by atoms with van der Waals surface area (Å²) in [4.78, 5) is 0. The van der Waals surface area contributed by atoms with Gasteiger partial charge >= 0.3 is 0 Å². The number of hydrogen-bond donors (Lipinski definition) is 2. The normalized spacial score (nSPS) is 12.8. The number of likely N-dealkylation sites (N-methyl/N-ethyl adjacent to an activating group) is 1. The molecule has 0 aliphatic rings. The molecule has 80 valence electrons. The van der Waals surface area contributed by atoms with Gasteiger partial charge in [-0.15, -0.1) is 0 Å². The van der Waals surface area contributed by atoms with Gasteiger partial charge in [0.05, 0.1) is 12.4 Å². The van der Waals surface area contributed by atoms with E-state index in [1.807, 2.05) is 0 Å². The van der Waals surface area contributed by atoms with Crippen molar-refractivity contribution >= 4 is 10.1 Å². The Morgan fingerprint density at radius 3 is 2.00 bits per heavy atom. The second-order valence-electron chi connectivity index (χ2n) is 2.77. The summed E-state index contributed by atoms with van der Waals surface area (Å²) < 4.78 is 29.2. The van der Waals surface area contributed by atoms with Gasteiger partial charge in [0, 0.05) is 27.2 Å². The molecule has 0 bridgehead atoms. The van der Waals surface area contributed by atoms with E-state index in [2.05, 4.69) is 0 Å². The van der Waals surface area contributed by atoms with Crippen molar-refractivity contribution in [1.82, 2.24) is 10.0 Å². The van der Waals surface area contributed by atoms with E-state index in [9.17, 15) is 8.42 Å². The largest absolute Gasteiger partial charge is 0.395 e. The quantitative estimate of drug-likeness (QED) is 0.418. The van der Waals surface area contributed by atoms with Crippen LogP contribution in [0.4, 0.5) is 0 Å². The molecular weight excluding hydrogens is 196 g/mol. The summed E-state index contributed by atoms with van der Waals surface area (Å²) in [6.45, 7) is 0.643. The van der Waals surface area contributed by atoms with E-state index in [-0.39, 0.29) is 18.9 Å². The molecule has 2 N–H and O–H groups in total. The first kappa shape index (κ1) is 12.8. The molecule has 0 aromatic carbocycles. The number of aliphatic hydroxyl groups is 1. The monoisotopic (exact) mass is 212 g/mol. The summed E-state index contributed by atoms with van der Waals surface area (Å²) in [5, 5.41) is 11.9. The van der Waals surface area contributed by atoms with Gasteiger partial charge in [0.2, 0.25) is 0 Å². The van der Waals surface area contributed by atoms with Crippen molar-refractivity contribution in [2.45, 2.75) is 0 Å². The Bertz CT molecular complexity index is 229. The number of hydrogen-bond acceptors (Lipinski definition) is 5. The van der Waals surface area contributed by atoms with Gasteiger partial charge in [-0.2, -0.15) is 8.42 Å². The van der Waals surface area contributed by atoms with E-state index in [4.69, 9.17) is 9.66 Å². The summed E-state index contributed by atoms with van der Waals surface area (Å²) in [5.41, 5.74) is 0. The molecule has 6 nitrogen and oxygen atoms in total. The first-order valence-corrected chi connectivity index (χ1v) is 5.46. The van der Waals surface area contributed by atoms with E-state index >= 15 is 0 Å². The Labute approximate surface area is 78.5 Å². The minimum atomic E-state index is -3.90. The lowest BCUT2D eigenvalue weighted by atomic mass is 10.6. The second-order valence-corrected chi connectivity index (χ2v) is 4.34. The van der Waals surface area contributed by atoms with Crippen LogP contribution < -0.4 is 0 Å². The summed E-state index contributed by atoms with van der Waals surface area (Å²) in [5.74, 6) is -0.306. The highest BCUT2D eigenvalue weighted by Gasteiger charge is 2.09. The molecule has 0 rings (SSSR count). The fourth-order valence-electron chi connectivity index (χ4n) is 0.734. The van der Waals surface area contributed by atoms with Crippen LogP contribution in [0.1, 0.15) is 0 Å². The highest BCUT2D eigenvalue weighted by Crippen LogP contribution is 1.91. The molecule has 0 atom stereocenters. The molecule has 0 saturated heterocycles. The van der Waals surface area contributed by atoms with Crippen LogP contribution in [0.15, 0.2) is 0 Å². The van der Waals surface area contributed by atoms with Gasteiger partial charge in [0.1, 0.15) is 0 Å². The molecule has 0 amide bonds. The summed E-state index contributed by atoms with van der Waals surface area (Å²) in [6.07, 6.45) is 0. The van der Waals surface area contributed by atoms with Gasteiger partial charge in [0.25, 0.3) is 10.1 Å². The zero-order valence-electron chi connectivity index (χ0n) is 7.84. The first-order chi connectivity index (χ1) is 5.87. The third-order valence-electron chi connectivity index (χ3n) is 1.68. The van der Waals surface area contributed by atoms with E-state index in [0.29, 0.717) is 6.54 Å². The molecular formula is C6H16N2O4S. The first-order valence-electron chi connectivity index (χ1n) is 3.85. The van der Waals surface area contributed by atoms with Gasteiger partial charge < -0.3 is 5.11 Å². The van der Waals surface area contributed by atoms with Crippen LogP contribution in [0, 0.1) is 0 Å². The number of rotatable bonds is 6. The second kappa shape index (κ2) is 5.51.